The second-order valence-corrected chi connectivity index (χ2v) is 4.51. The molecule has 0 heterocycles. The molecule has 3 nitrogen and oxygen atoms in total. The van der Waals surface area contributed by atoms with Gasteiger partial charge in [0.25, 0.3) is 0 Å². The average Bonchev–Trinajstić information content (AvgIpc) is 2.32. The van der Waals surface area contributed by atoms with Crippen LogP contribution in [-0.4, -0.2) is 15.3 Å². The average molecular weight is 244 g/mol. The molecule has 3 N–H and O–H groups in total. The molecule has 18 heavy (non-hydrogen) atoms. The zero-order valence-corrected chi connectivity index (χ0v) is 10.7. The van der Waals surface area contributed by atoms with Crippen LogP contribution in [0.3, 0.4) is 0 Å². The van der Waals surface area contributed by atoms with Gasteiger partial charge in [-0.3, -0.25) is 0 Å². The third kappa shape index (κ3) is 1.78. The van der Waals surface area contributed by atoms with Crippen molar-refractivity contribution in [2.24, 2.45) is 0 Å². The van der Waals surface area contributed by atoms with Crippen LogP contribution in [0, 0.1) is 20.8 Å². The Hall–Kier alpha value is -2.16. The quantitative estimate of drug-likeness (QED) is 0.674. The molecule has 0 bridgehead atoms. The standard InChI is InChI=1S/C15H16O3/c1-8-7-13(17)10(3)14(9(8)2)11-5-4-6-12(16)15(11)18/h4-7,16-18H,1-3H3. The van der Waals surface area contributed by atoms with Gasteiger partial charge >= 0.3 is 0 Å². The molecular weight excluding hydrogens is 228 g/mol. The van der Waals surface area contributed by atoms with Crippen molar-refractivity contribution in [2.75, 3.05) is 0 Å². The monoisotopic (exact) mass is 244 g/mol. The Labute approximate surface area is 106 Å². The van der Waals surface area contributed by atoms with Crippen molar-refractivity contribution in [1.29, 1.82) is 0 Å². The van der Waals surface area contributed by atoms with E-state index in [9.17, 15) is 15.3 Å². The fourth-order valence-corrected chi connectivity index (χ4v) is 2.17. The van der Waals surface area contributed by atoms with Crippen LogP contribution in [-0.2, 0) is 0 Å². The predicted octanol–water partition coefficient (Wildman–Crippen LogP) is 3.40. The molecule has 0 aliphatic rings. The summed E-state index contributed by atoms with van der Waals surface area (Å²) in [6.45, 7) is 5.62. The van der Waals surface area contributed by atoms with Crippen LogP contribution in [0.4, 0.5) is 0 Å². The highest BCUT2D eigenvalue weighted by Gasteiger charge is 2.16. The van der Waals surface area contributed by atoms with Gasteiger partial charge in [0.2, 0.25) is 0 Å². The lowest BCUT2D eigenvalue weighted by Gasteiger charge is -2.15. The Morgan fingerprint density at radius 1 is 0.833 bits per heavy atom. The number of hydrogen-bond donors (Lipinski definition) is 3. The van der Waals surface area contributed by atoms with E-state index in [1.165, 1.54) is 6.07 Å². The Bertz CT molecular complexity index is 589. The summed E-state index contributed by atoms with van der Waals surface area (Å²) in [5, 5.41) is 29.4. The summed E-state index contributed by atoms with van der Waals surface area (Å²) in [6.07, 6.45) is 0. The predicted molar refractivity (Wildman–Crippen MR) is 71.1 cm³/mol. The van der Waals surface area contributed by atoms with Crippen LogP contribution in [0.15, 0.2) is 24.3 Å². The molecule has 0 amide bonds. The number of aryl methyl sites for hydroxylation is 1. The first-order valence-corrected chi connectivity index (χ1v) is 5.74. The first kappa shape index (κ1) is 12.3. The van der Waals surface area contributed by atoms with E-state index < -0.39 is 0 Å². The number of hydrogen-bond acceptors (Lipinski definition) is 3. The van der Waals surface area contributed by atoms with E-state index >= 15 is 0 Å². The van der Waals surface area contributed by atoms with E-state index in [-0.39, 0.29) is 17.2 Å². The summed E-state index contributed by atoms with van der Waals surface area (Å²) in [5.41, 5.74) is 3.91. The van der Waals surface area contributed by atoms with E-state index in [0.717, 1.165) is 16.7 Å². The molecule has 0 radical (unpaired) electrons. The van der Waals surface area contributed by atoms with Crippen molar-refractivity contribution in [3.63, 3.8) is 0 Å². The number of phenolic OH excluding ortho intramolecular Hbond substituents is 3. The summed E-state index contributed by atoms with van der Waals surface area (Å²) in [6, 6.07) is 6.53. The Morgan fingerprint density at radius 3 is 2.17 bits per heavy atom. The summed E-state index contributed by atoms with van der Waals surface area (Å²) in [5.74, 6) is -0.128. The van der Waals surface area contributed by atoms with Crippen molar-refractivity contribution >= 4 is 0 Å². The van der Waals surface area contributed by atoms with Crippen molar-refractivity contribution in [2.45, 2.75) is 20.8 Å². The van der Waals surface area contributed by atoms with Crippen molar-refractivity contribution < 1.29 is 15.3 Å². The van der Waals surface area contributed by atoms with E-state index in [0.29, 0.717) is 11.1 Å². The van der Waals surface area contributed by atoms with Crippen LogP contribution >= 0.6 is 0 Å². The fraction of sp³-hybridized carbons (Fsp3) is 0.200. The van der Waals surface area contributed by atoms with Crippen molar-refractivity contribution in [3.8, 4) is 28.4 Å². The van der Waals surface area contributed by atoms with Gasteiger partial charge in [0.05, 0.1) is 0 Å². The van der Waals surface area contributed by atoms with Crippen LogP contribution in [0.2, 0.25) is 0 Å². The maximum Gasteiger partial charge on any atom is 0.165 e. The minimum atomic E-state index is -0.160. The first-order valence-electron chi connectivity index (χ1n) is 5.74. The molecule has 2 rings (SSSR count). The van der Waals surface area contributed by atoms with Gasteiger partial charge in [0.1, 0.15) is 5.75 Å². The van der Waals surface area contributed by atoms with Crippen LogP contribution < -0.4 is 0 Å². The molecule has 3 heteroatoms. The topological polar surface area (TPSA) is 60.7 Å². The lowest BCUT2D eigenvalue weighted by atomic mass is 9.91. The van der Waals surface area contributed by atoms with Crippen molar-refractivity contribution in [1.82, 2.24) is 0 Å². The molecule has 2 aromatic rings. The molecular formula is C15H16O3. The zero-order valence-electron chi connectivity index (χ0n) is 10.7. The van der Waals surface area contributed by atoms with Crippen LogP contribution in [0.5, 0.6) is 17.2 Å². The first-order chi connectivity index (χ1) is 8.43. The highest BCUT2D eigenvalue weighted by atomic mass is 16.3. The third-order valence-corrected chi connectivity index (χ3v) is 3.36. The van der Waals surface area contributed by atoms with E-state index in [1.54, 1.807) is 25.1 Å². The summed E-state index contributed by atoms with van der Waals surface area (Å²) in [7, 11) is 0. The summed E-state index contributed by atoms with van der Waals surface area (Å²) < 4.78 is 0. The number of aromatic hydroxyl groups is 3. The molecule has 0 saturated carbocycles. The second kappa shape index (κ2) is 4.26. The van der Waals surface area contributed by atoms with Gasteiger partial charge in [0.15, 0.2) is 11.5 Å². The highest BCUT2D eigenvalue weighted by Crippen LogP contribution is 2.42. The number of rotatable bonds is 1. The Balaban J connectivity index is 2.83. The summed E-state index contributed by atoms with van der Waals surface area (Å²) in [4.78, 5) is 0. The molecule has 0 atom stereocenters. The number of benzene rings is 2. The highest BCUT2D eigenvalue weighted by molar-refractivity contribution is 5.80. The lowest BCUT2D eigenvalue weighted by molar-refractivity contribution is 0.405. The van der Waals surface area contributed by atoms with Crippen LogP contribution in [0.25, 0.3) is 11.1 Å². The molecule has 0 saturated heterocycles. The third-order valence-electron chi connectivity index (χ3n) is 3.36. The number of para-hydroxylation sites is 1. The van der Waals surface area contributed by atoms with Gasteiger partial charge < -0.3 is 15.3 Å². The Kier molecular flexibility index (Phi) is 2.91. The zero-order chi connectivity index (χ0) is 13.4. The largest absolute Gasteiger partial charge is 0.508 e. The fourth-order valence-electron chi connectivity index (χ4n) is 2.17. The van der Waals surface area contributed by atoms with Gasteiger partial charge in [0, 0.05) is 5.56 Å². The van der Waals surface area contributed by atoms with Gasteiger partial charge in [-0.25, -0.2) is 0 Å². The molecule has 2 aromatic carbocycles. The molecule has 0 aliphatic carbocycles. The van der Waals surface area contributed by atoms with E-state index in [4.69, 9.17) is 0 Å². The molecule has 0 spiro atoms. The molecule has 0 fully saturated rings. The van der Waals surface area contributed by atoms with E-state index in [2.05, 4.69) is 0 Å². The Morgan fingerprint density at radius 2 is 1.50 bits per heavy atom. The number of phenols is 3. The van der Waals surface area contributed by atoms with Gasteiger partial charge in [-0.1, -0.05) is 12.1 Å². The molecule has 0 aliphatic heterocycles. The SMILES string of the molecule is Cc1cc(O)c(C)c(-c2cccc(O)c2O)c1C. The van der Waals surface area contributed by atoms with Crippen molar-refractivity contribution in [3.05, 3.63) is 41.0 Å². The second-order valence-electron chi connectivity index (χ2n) is 4.51. The van der Waals surface area contributed by atoms with Gasteiger partial charge in [-0.15, -0.1) is 0 Å². The van der Waals surface area contributed by atoms with E-state index in [1.807, 2.05) is 13.8 Å². The van der Waals surface area contributed by atoms with Gasteiger partial charge in [-0.2, -0.15) is 0 Å². The van der Waals surface area contributed by atoms with Crippen LogP contribution in [0.1, 0.15) is 16.7 Å². The maximum absolute atomic E-state index is 9.95. The maximum atomic E-state index is 9.95. The molecule has 0 aromatic heterocycles. The molecule has 0 unspecified atom stereocenters. The minimum absolute atomic E-state index is 0.159. The lowest BCUT2D eigenvalue weighted by Crippen LogP contribution is -1.93. The summed E-state index contributed by atoms with van der Waals surface area (Å²) >= 11 is 0. The minimum Gasteiger partial charge on any atom is -0.508 e. The normalized spacial score (nSPS) is 10.6. The molecule has 94 valence electrons. The smallest absolute Gasteiger partial charge is 0.165 e. The van der Waals surface area contributed by atoms with Gasteiger partial charge in [-0.05, 0) is 55.2 Å².